The highest BCUT2D eigenvalue weighted by Crippen LogP contribution is 2.32. The number of rotatable bonds is 1. The number of hydrogen-bond acceptors (Lipinski definition) is 2. The van der Waals surface area contributed by atoms with Crippen molar-refractivity contribution in [3.8, 4) is 0 Å². The maximum Gasteiger partial charge on any atom is 0.416 e. The van der Waals surface area contributed by atoms with E-state index in [2.05, 4.69) is 15.9 Å². The molecule has 1 amide bonds. The number of Topliss-reactive ketones (excluding diaryl/α,β-unsaturated/α-hetero) is 1. The molecule has 1 aliphatic rings. The van der Waals surface area contributed by atoms with Crippen LogP contribution in [0.15, 0.2) is 22.7 Å². The first-order valence-electron chi connectivity index (χ1n) is 6.39. The number of benzene rings is 1. The molecule has 0 saturated carbocycles. The molecule has 0 bridgehead atoms. The van der Waals surface area contributed by atoms with Crippen molar-refractivity contribution in [1.29, 1.82) is 0 Å². The number of likely N-dealkylation sites (tertiary alicyclic amines) is 1. The van der Waals surface area contributed by atoms with Crippen molar-refractivity contribution < 1.29 is 22.8 Å². The summed E-state index contributed by atoms with van der Waals surface area (Å²) in [5.41, 5.74) is -0.901. The first-order chi connectivity index (χ1) is 9.70. The Balaban J connectivity index is 2.29. The van der Waals surface area contributed by atoms with Crippen LogP contribution in [-0.4, -0.2) is 29.7 Å². The summed E-state index contributed by atoms with van der Waals surface area (Å²) in [5.74, 6) is -0.707. The van der Waals surface area contributed by atoms with Gasteiger partial charge in [-0.25, -0.2) is 0 Å². The second-order valence-electron chi connectivity index (χ2n) is 5.06. The highest BCUT2D eigenvalue weighted by atomic mass is 79.9. The van der Waals surface area contributed by atoms with E-state index in [-0.39, 0.29) is 36.8 Å². The number of ketones is 1. The number of hydrogen-bond donors (Lipinski definition) is 0. The van der Waals surface area contributed by atoms with Gasteiger partial charge < -0.3 is 4.90 Å². The fourth-order valence-electron chi connectivity index (χ4n) is 2.24. The van der Waals surface area contributed by atoms with Crippen LogP contribution in [0.2, 0.25) is 0 Å². The number of alkyl halides is 3. The molecule has 7 heteroatoms. The summed E-state index contributed by atoms with van der Waals surface area (Å²) in [6.45, 7) is 2.19. The summed E-state index contributed by atoms with van der Waals surface area (Å²) in [6.07, 6.45) is -4.26. The average molecular weight is 364 g/mol. The highest BCUT2D eigenvalue weighted by molar-refractivity contribution is 9.10. The van der Waals surface area contributed by atoms with Crippen LogP contribution >= 0.6 is 15.9 Å². The number of carbonyl (C=O) groups excluding carboxylic acids is 2. The molecule has 0 aromatic heterocycles. The van der Waals surface area contributed by atoms with Gasteiger partial charge in [-0.3, -0.25) is 9.59 Å². The van der Waals surface area contributed by atoms with Crippen molar-refractivity contribution in [2.45, 2.75) is 19.5 Å². The normalized spacial score (nSPS) is 19.8. The third-order valence-electron chi connectivity index (χ3n) is 3.48. The minimum atomic E-state index is -4.50. The average Bonchev–Trinajstić information content (AvgIpc) is 2.40. The van der Waals surface area contributed by atoms with E-state index in [1.807, 2.05) is 0 Å². The molecule has 1 aromatic carbocycles. The molecule has 21 heavy (non-hydrogen) atoms. The lowest BCUT2D eigenvalue weighted by atomic mass is 9.97. The monoisotopic (exact) mass is 363 g/mol. The van der Waals surface area contributed by atoms with E-state index in [1.54, 1.807) is 6.92 Å². The predicted octanol–water partition coefficient (Wildman–Crippen LogP) is 3.52. The van der Waals surface area contributed by atoms with Gasteiger partial charge in [0.1, 0.15) is 5.78 Å². The molecular weight excluding hydrogens is 351 g/mol. The maximum atomic E-state index is 12.7. The highest BCUT2D eigenvalue weighted by Gasteiger charge is 2.33. The van der Waals surface area contributed by atoms with Crippen molar-refractivity contribution in [1.82, 2.24) is 4.90 Å². The van der Waals surface area contributed by atoms with Gasteiger partial charge >= 0.3 is 6.18 Å². The van der Waals surface area contributed by atoms with E-state index in [4.69, 9.17) is 0 Å². The molecule has 0 spiro atoms. The summed E-state index contributed by atoms with van der Waals surface area (Å²) in [4.78, 5) is 25.2. The van der Waals surface area contributed by atoms with Gasteiger partial charge in [-0.2, -0.15) is 13.2 Å². The standard InChI is InChI=1S/C14H13BrF3NO2/c1-8-7-19(5-4-12(8)20)13(21)10-6-9(14(16,17)18)2-3-11(10)15/h2-3,6,8H,4-5,7H2,1H3. The van der Waals surface area contributed by atoms with Crippen molar-refractivity contribution in [3.05, 3.63) is 33.8 Å². The Morgan fingerprint density at radius 2 is 2.05 bits per heavy atom. The Kier molecular flexibility index (Phi) is 4.41. The third-order valence-corrected chi connectivity index (χ3v) is 4.17. The summed E-state index contributed by atoms with van der Waals surface area (Å²) in [7, 11) is 0. The van der Waals surface area contributed by atoms with E-state index in [0.717, 1.165) is 12.1 Å². The van der Waals surface area contributed by atoms with Crippen LogP contribution in [0.25, 0.3) is 0 Å². The Hall–Kier alpha value is -1.37. The molecule has 1 fully saturated rings. The fourth-order valence-corrected chi connectivity index (χ4v) is 2.65. The predicted molar refractivity (Wildman–Crippen MR) is 73.8 cm³/mol. The lowest BCUT2D eigenvalue weighted by Gasteiger charge is -2.30. The second-order valence-corrected chi connectivity index (χ2v) is 5.92. The van der Waals surface area contributed by atoms with E-state index >= 15 is 0 Å². The Morgan fingerprint density at radius 3 is 2.62 bits per heavy atom. The van der Waals surface area contributed by atoms with Gasteiger partial charge in [0.15, 0.2) is 0 Å². The first kappa shape index (κ1) is 16.0. The molecule has 0 aliphatic carbocycles. The molecule has 1 aromatic rings. The van der Waals surface area contributed by atoms with E-state index in [0.29, 0.717) is 4.47 Å². The van der Waals surface area contributed by atoms with E-state index in [9.17, 15) is 22.8 Å². The fraction of sp³-hybridized carbons (Fsp3) is 0.429. The minimum Gasteiger partial charge on any atom is -0.337 e. The quantitative estimate of drug-likeness (QED) is 0.765. The van der Waals surface area contributed by atoms with Crippen molar-refractivity contribution in [2.24, 2.45) is 5.92 Å². The van der Waals surface area contributed by atoms with Gasteiger partial charge in [-0.05, 0) is 34.1 Å². The van der Waals surface area contributed by atoms with Gasteiger partial charge in [0.2, 0.25) is 0 Å². The number of halogens is 4. The molecule has 1 saturated heterocycles. The number of nitrogens with zero attached hydrogens (tertiary/aromatic N) is 1. The Labute approximate surface area is 128 Å². The molecule has 114 valence electrons. The Morgan fingerprint density at radius 1 is 1.38 bits per heavy atom. The smallest absolute Gasteiger partial charge is 0.337 e. The molecule has 1 aliphatic heterocycles. The summed E-state index contributed by atoms with van der Waals surface area (Å²) >= 11 is 3.11. The van der Waals surface area contributed by atoms with Gasteiger partial charge in [0.25, 0.3) is 5.91 Å². The number of piperidine rings is 1. The van der Waals surface area contributed by atoms with Crippen LogP contribution in [0, 0.1) is 5.92 Å². The summed E-state index contributed by atoms with van der Waals surface area (Å²) in [5, 5.41) is 0. The van der Waals surface area contributed by atoms with Crippen LogP contribution in [0.1, 0.15) is 29.3 Å². The topological polar surface area (TPSA) is 37.4 Å². The van der Waals surface area contributed by atoms with Crippen molar-refractivity contribution in [2.75, 3.05) is 13.1 Å². The zero-order valence-electron chi connectivity index (χ0n) is 11.2. The van der Waals surface area contributed by atoms with E-state index < -0.39 is 17.6 Å². The van der Waals surface area contributed by atoms with Crippen LogP contribution < -0.4 is 0 Å². The van der Waals surface area contributed by atoms with Crippen LogP contribution in [-0.2, 0) is 11.0 Å². The summed E-state index contributed by atoms with van der Waals surface area (Å²) < 4.78 is 38.5. The molecule has 3 nitrogen and oxygen atoms in total. The molecule has 0 radical (unpaired) electrons. The minimum absolute atomic E-state index is 0.0358. The van der Waals surface area contributed by atoms with Crippen LogP contribution in [0.5, 0.6) is 0 Å². The molecule has 0 N–H and O–H groups in total. The first-order valence-corrected chi connectivity index (χ1v) is 7.18. The third kappa shape index (κ3) is 3.45. The molecule has 2 rings (SSSR count). The van der Waals surface area contributed by atoms with Crippen LogP contribution in [0.3, 0.4) is 0 Å². The summed E-state index contributed by atoms with van der Waals surface area (Å²) in [6, 6.07) is 2.98. The van der Waals surface area contributed by atoms with E-state index in [1.165, 1.54) is 11.0 Å². The molecule has 1 atom stereocenters. The van der Waals surface area contributed by atoms with Crippen molar-refractivity contribution in [3.63, 3.8) is 0 Å². The second kappa shape index (κ2) is 5.79. The van der Waals surface area contributed by atoms with Gasteiger partial charge in [0.05, 0.1) is 11.1 Å². The maximum absolute atomic E-state index is 12.7. The number of amides is 1. The van der Waals surface area contributed by atoms with Crippen molar-refractivity contribution >= 4 is 27.6 Å². The van der Waals surface area contributed by atoms with Gasteiger partial charge in [-0.1, -0.05) is 6.92 Å². The van der Waals surface area contributed by atoms with Gasteiger partial charge in [0, 0.05) is 29.9 Å². The zero-order chi connectivity index (χ0) is 15.8. The molecule has 1 heterocycles. The number of carbonyl (C=O) groups is 2. The Bertz CT molecular complexity index is 586. The lowest BCUT2D eigenvalue weighted by Crippen LogP contribution is -2.43. The lowest BCUT2D eigenvalue weighted by molar-refractivity contribution is -0.137. The van der Waals surface area contributed by atoms with Gasteiger partial charge in [-0.15, -0.1) is 0 Å². The van der Waals surface area contributed by atoms with Crippen LogP contribution in [0.4, 0.5) is 13.2 Å². The molecular formula is C14H13BrF3NO2. The zero-order valence-corrected chi connectivity index (χ0v) is 12.8. The largest absolute Gasteiger partial charge is 0.416 e. The SMILES string of the molecule is CC1CN(C(=O)c2cc(C(F)(F)F)ccc2Br)CCC1=O. The molecule has 1 unspecified atom stereocenters.